The minimum Gasteiger partial charge on any atom is -0.480 e. The third-order valence-corrected chi connectivity index (χ3v) is 4.28. The number of ether oxygens (including phenoxy) is 1. The van der Waals surface area contributed by atoms with Gasteiger partial charge in [0.15, 0.2) is 0 Å². The minimum atomic E-state index is -2.59. The minimum absolute atomic E-state index is 0.0665. The number of benzene rings is 1. The van der Waals surface area contributed by atoms with Gasteiger partial charge in [0.25, 0.3) is 5.92 Å². The van der Waals surface area contributed by atoms with Crippen LogP contribution in [0.3, 0.4) is 0 Å². The number of likely N-dealkylation sites (tertiary alicyclic amines) is 1. The number of aliphatic carboxylic acids is 1. The average Bonchev–Trinajstić information content (AvgIpc) is 2.61. The lowest BCUT2D eigenvalue weighted by Crippen LogP contribution is -2.42. The number of piperidine rings is 1. The van der Waals surface area contributed by atoms with Crippen LogP contribution in [0.15, 0.2) is 30.3 Å². The predicted octanol–water partition coefficient (Wildman–Crippen LogP) is 2.83. The second-order valence-electron chi connectivity index (χ2n) is 6.41. The molecule has 1 aromatic rings. The Balaban J connectivity index is 1.77. The number of alkyl halides is 2. The van der Waals surface area contributed by atoms with Gasteiger partial charge in [-0.15, -0.1) is 0 Å². The summed E-state index contributed by atoms with van der Waals surface area (Å²) in [6.07, 6.45) is -0.517. The first-order valence-electron chi connectivity index (χ1n) is 8.63. The Kier molecular flexibility index (Phi) is 7.32. The lowest BCUT2D eigenvalue weighted by atomic mass is 10.1. The predicted molar refractivity (Wildman–Crippen MR) is 91.1 cm³/mol. The van der Waals surface area contributed by atoms with Crippen LogP contribution in [0.5, 0.6) is 0 Å². The molecule has 6 nitrogen and oxygen atoms in total. The van der Waals surface area contributed by atoms with Gasteiger partial charge < -0.3 is 14.7 Å². The zero-order chi connectivity index (χ0) is 19.0. The van der Waals surface area contributed by atoms with E-state index < -0.39 is 24.5 Å². The van der Waals surface area contributed by atoms with Crippen molar-refractivity contribution in [2.45, 2.75) is 31.8 Å². The van der Waals surface area contributed by atoms with Gasteiger partial charge in [-0.25, -0.2) is 13.6 Å². The monoisotopic (exact) mass is 370 g/mol. The Morgan fingerprint density at radius 1 is 1.19 bits per heavy atom. The highest BCUT2D eigenvalue weighted by atomic mass is 19.3. The largest absolute Gasteiger partial charge is 0.480 e. The first-order valence-corrected chi connectivity index (χ1v) is 8.63. The van der Waals surface area contributed by atoms with Crippen molar-refractivity contribution in [2.24, 2.45) is 0 Å². The Bertz CT molecular complexity index is 588. The molecule has 26 heavy (non-hydrogen) atoms. The summed E-state index contributed by atoms with van der Waals surface area (Å²) < 4.78 is 31.5. The van der Waals surface area contributed by atoms with E-state index in [2.05, 4.69) is 0 Å². The molecule has 0 radical (unpaired) electrons. The third kappa shape index (κ3) is 6.95. The van der Waals surface area contributed by atoms with E-state index in [1.165, 1.54) is 0 Å². The van der Waals surface area contributed by atoms with Crippen LogP contribution in [0, 0.1) is 0 Å². The molecule has 0 unspecified atom stereocenters. The number of hydrogen-bond acceptors (Lipinski definition) is 4. The van der Waals surface area contributed by atoms with Gasteiger partial charge in [0.2, 0.25) is 0 Å². The molecule has 8 heteroatoms. The van der Waals surface area contributed by atoms with Crippen LogP contribution in [0.25, 0.3) is 0 Å². The number of rotatable bonds is 8. The van der Waals surface area contributed by atoms with Crippen LogP contribution < -0.4 is 0 Å². The second-order valence-corrected chi connectivity index (χ2v) is 6.41. The number of carboxylic acids is 1. The van der Waals surface area contributed by atoms with Crippen molar-refractivity contribution in [1.82, 2.24) is 9.80 Å². The molecule has 1 aliphatic rings. The topological polar surface area (TPSA) is 70.1 Å². The van der Waals surface area contributed by atoms with E-state index in [0.717, 1.165) is 10.5 Å². The van der Waals surface area contributed by atoms with Gasteiger partial charge in [-0.05, 0) is 18.5 Å². The fourth-order valence-corrected chi connectivity index (χ4v) is 2.80. The summed E-state index contributed by atoms with van der Waals surface area (Å²) in [5.41, 5.74) is 0.811. The summed E-state index contributed by atoms with van der Waals surface area (Å²) in [7, 11) is 0. The van der Waals surface area contributed by atoms with E-state index in [0.29, 0.717) is 26.1 Å². The van der Waals surface area contributed by atoms with Crippen LogP contribution >= 0.6 is 0 Å². The zero-order valence-electron chi connectivity index (χ0n) is 14.6. The Morgan fingerprint density at radius 3 is 2.46 bits per heavy atom. The van der Waals surface area contributed by atoms with E-state index in [4.69, 9.17) is 9.84 Å². The SMILES string of the molecule is O=C(O)CN(CCCN1CCC(F)(F)CC1)C(=O)OCc1ccccc1. The average molecular weight is 370 g/mol. The number of hydrogen-bond donors (Lipinski definition) is 1. The molecule has 1 saturated heterocycles. The smallest absolute Gasteiger partial charge is 0.410 e. The van der Waals surface area contributed by atoms with Crippen molar-refractivity contribution in [3.63, 3.8) is 0 Å². The standard InChI is InChI=1S/C18H24F2N2O4/c19-18(20)7-11-21(12-8-18)9-4-10-22(13-16(23)24)17(25)26-14-15-5-2-1-3-6-15/h1-3,5-6H,4,7-14H2,(H,23,24). The van der Waals surface area contributed by atoms with Gasteiger partial charge in [-0.1, -0.05) is 30.3 Å². The zero-order valence-corrected chi connectivity index (χ0v) is 14.6. The fourth-order valence-electron chi connectivity index (χ4n) is 2.80. The normalized spacial score (nSPS) is 16.8. The van der Waals surface area contributed by atoms with Crippen LogP contribution in [-0.2, 0) is 16.1 Å². The summed E-state index contributed by atoms with van der Waals surface area (Å²) in [6.45, 7) is 0.975. The molecule has 0 spiro atoms. The maximum absolute atomic E-state index is 13.1. The lowest BCUT2D eigenvalue weighted by Gasteiger charge is -2.32. The molecule has 0 atom stereocenters. The van der Waals surface area contributed by atoms with Gasteiger partial charge in [0, 0.05) is 32.5 Å². The molecule has 0 bridgehead atoms. The Labute approximate surface area is 151 Å². The van der Waals surface area contributed by atoms with Gasteiger partial charge in [0.1, 0.15) is 13.2 Å². The second kappa shape index (κ2) is 9.47. The highest BCUT2D eigenvalue weighted by Gasteiger charge is 2.33. The fraction of sp³-hybridized carbons (Fsp3) is 0.556. The van der Waals surface area contributed by atoms with Crippen LogP contribution in [0.1, 0.15) is 24.8 Å². The quantitative estimate of drug-likeness (QED) is 0.762. The molecule has 0 aliphatic carbocycles. The summed E-state index contributed by atoms with van der Waals surface area (Å²) in [5.74, 6) is -3.72. The number of halogens is 2. The molecular formula is C18H24F2N2O4. The van der Waals surface area contributed by atoms with Gasteiger partial charge >= 0.3 is 12.1 Å². The van der Waals surface area contributed by atoms with Crippen LogP contribution in [0.2, 0.25) is 0 Å². The highest BCUT2D eigenvalue weighted by Crippen LogP contribution is 2.27. The number of nitrogens with zero attached hydrogens (tertiary/aromatic N) is 2. The third-order valence-electron chi connectivity index (χ3n) is 4.28. The van der Waals surface area contributed by atoms with Gasteiger partial charge in [-0.3, -0.25) is 9.69 Å². The van der Waals surface area contributed by atoms with Crippen LogP contribution in [-0.4, -0.2) is 65.6 Å². The molecule has 0 aromatic heterocycles. The van der Waals surface area contributed by atoms with Crippen molar-refractivity contribution in [2.75, 3.05) is 32.7 Å². The van der Waals surface area contributed by atoms with Crippen molar-refractivity contribution >= 4 is 12.1 Å². The van der Waals surface area contributed by atoms with Crippen LogP contribution in [0.4, 0.5) is 13.6 Å². The number of amides is 1. The first kappa shape index (κ1) is 20.1. The van der Waals surface area contributed by atoms with Gasteiger partial charge in [-0.2, -0.15) is 0 Å². The number of carbonyl (C=O) groups excluding carboxylic acids is 1. The molecule has 144 valence electrons. The number of carboxylic acid groups (broad SMARTS) is 1. The van der Waals surface area contributed by atoms with Crippen molar-refractivity contribution in [3.8, 4) is 0 Å². The maximum atomic E-state index is 13.1. The first-order chi connectivity index (χ1) is 12.4. The van der Waals surface area contributed by atoms with E-state index in [1.54, 1.807) is 12.1 Å². The van der Waals surface area contributed by atoms with E-state index in [9.17, 15) is 18.4 Å². The molecule has 0 saturated carbocycles. The Morgan fingerprint density at radius 2 is 1.85 bits per heavy atom. The molecular weight excluding hydrogens is 346 g/mol. The molecule has 2 rings (SSSR count). The molecule has 1 aromatic carbocycles. The maximum Gasteiger partial charge on any atom is 0.410 e. The number of carbonyl (C=O) groups is 2. The van der Waals surface area contributed by atoms with Crippen molar-refractivity contribution in [1.29, 1.82) is 0 Å². The van der Waals surface area contributed by atoms with E-state index in [-0.39, 0.29) is 26.0 Å². The molecule has 1 N–H and O–H groups in total. The summed E-state index contributed by atoms with van der Waals surface area (Å²) in [4.78, 5) is 26.2. The van der Waals surface area contributed by atoms with Gasteiger partial charge in [0.05, 0.1) is 0 Å². The van der Waals surface area contributed by atoms with Crippen molar-refractivity contribution in [3.05, 3.63) is 35.9 Å². The summed E-state index contributed by atoms with van der Waals surface area (Å²) >= 11 is 0. The highest BCUT2D eigenvalue weighted by molar-refractivity contribution is 5.76. The molecule has 1 aliphatic heterocycles. The Hall–Kier alpha value is -2.22. The van der Waals surface area contributed by atoms with E-state index >= 15 is 0 Å². The molecule has 1 fully saturated rings. The van der Waals surface area contributed by atoms with Crippen molar-refractivity contribution < 1.29 is 28.2 Å². The lowest BCUT2D eigenvalue weighted by molar-refractivity contribution is -0.138. The summed E-state index contributed by atoms with van der Waals surface area (Å²) in [5, 5.41) is 8.98. The van der Waals surface area contributed by atoms with E-state index in [1.807, 2.05) is 23.1 Å². The summed E-state index contributed by atoms with van der Waals surface area (Å²) in [6, 6.07) is 9.10. The molecule has 1 heterocycles. The molecule has 1 amide bonds.